The molecule has 104 valence electrons. The van der Waals surface area contributed by atoms with Gasteiger partial charge in [0.1, 0.15) is 11.6 Å². The van der Waals surface area contributed by atoms with E-state index >= 15 is 0 Å². The van der Waals surface area contributed by atoms with Gasteiger partial charge < -0.3 is 19.9 Å². The predicted molar refractivity (Wildman–Crippen MR) is 78.0 cm³/mol. The number of hydrogen-bond acceptors (Lipinski definition) is 4. The summed E-state index contributed by atoms with van der Waals surface area (Å²) in [5, 5.41) is 0. The van der Waals surface area contributed by atoms with Crippen molar-refractivity contribution in [3.8, 4) is 11.5 Å². The molecule has 0 spiro atoms. The second kappa shape index (κ2) is 6.73. The van der Waals surface area contributed by atoms with Gasteiger partial charge in [-0.15, -0.1) is 0 Å². The molecule has 0 aliphatic carbocycles. The maximum absolute atomic E-state index is 5.77. The zero-order valence-corrected chi connectivity index (χ0v) is 11.9. The fourth-order valence-corrected chi connectivity index (χ4v) is 2.19. The molecule has 1 unspecified atom stereocenters. The molecule has 0 aromatic heterocycles. The molecule has 2 N–H and O–H groups in total. The number of thiocarbonyl (C=S) groups is 1. The quantitative estimate of drug-likeness (QED) is 0.839. The lowest BCUT2D eigenvalue weighted by Gasteiger charge is -2.23. The first-order valence-electron chi connectivity index (χ1n) is 6.43. The summed E-state index contributed by atoms with van der Waals surface area (Å²) in [7, 11) is 1.60. The van der Waals surface area contributed by atoms with Crippen molar-refractivity contribution in [1.82, 2.24) is 0 Å². The third-order valence-electron chi connectivity index (χ3n) is 3.15. The van der Waals surface area contributed by atoms with Crippen LogP contribution in [0.3, 0.4) is 0 Å². The Balaban J connectivity index is 2.00. The van der Waals surface area contributed by atoms with E-state index in [2.05, 4.69) is 0 Å². The monoisotopic (exact) mass is 281 g/mol. The van der Waals surface area contributed by atoms with Gasteiger partial charge in [0.2, 0.25) is 0 Å². The topological polar surface area (TPSA) is 53.7 Å². The highest BCUT2D eigenvalue weighted by Gasteiger charge is 2.15. The Morgan fingerprint density at radius 1 is 1.42 bits per heavy atom. The predicted octanol–water partition coefficient (Wildman–Crippen LogP) is 2.28. The summed E-state index contributed by atoms with van der Waals surface area (Å²) in [5.74, 6) is 1.33. The summed E-state index contributed by atoms with van der Waals surface area (Å²) in [5.41, 5.74) is 6.36. The molecule has 2 rings (SSSR count). The first-order chi connectivity index (χ1) is 9.20. The Bertz CT molecular complexity index is 444. The molecular formula is C14H19NO3S. The summed E-state index contributed by atoms with van der Waals surface area (Å²) in [6.45, 7) is 1.37. The highest BCUT2D eigenvalue weighted by molar-refractivity contribution is 7.80. The zero-order valence-electron chi connectivity index (χ0n) is 11.1. The van der Waals surface area contributed by atoms with Crippen LogP contribution in [-0.2, 0) is 4.74 Å². The second-order valence-corrected chi connectivity index (χ2v) is 4.97. The van der Waals surface area contributed by atoms with Crippen LogP contribution in [0.25, 0.3) is 0 Å². The van der Waals surface area contributed by atoms with Crippen LogP contribution in [0.15, 0.2) is 18.2 Å². The van der Waals surface area contributed by atoms with Crippen molar-refractivity contribution in [3.05, 3.63) is 23.8 Å². The van der Waals surface area contributed by atoms with Gasteiger partial charge in [-0.05, 0) is 37.5 Å². The Morgan fingerprint density at radius 2 is 2.26 bits per heavy atom. The van der Waals surface area contributed by atoms with Crippen molar-refractivity contribution < 1.29 is 14.2 Å². The van der Waals surface area contributed by atoms with Crippen molar-refractivity contribution in [2.24, 2.45) is 5.73 Å². The number of rotatable bonds is 5. The highest BCUT2D eigenvalue weighted by atomic mass is 32.1. The van der Waals surface area contributed by atoms with Gasteiger partial charge in [-0.2, -0.15) is 0 Å². The summed E-state index contributed by atoms with van der Waals surface area (Å²) in [6.07, 6.45) is 3.56. The number of nitrogens with two attached hydrogens (primary N) is 1. The molecule has 1 aliphatic heterocycles. The maximum Gasteiger partial charge on any atom is 0.161 e. The standard InChI is InChI=1S/C14H19NO3S/c1-16-13-8-10(14(15)19)5-6-12(13)18-9-11-4-2-3-7-17-11/h5-6,8,11H,2-4,7,9H2,1H3,(H2,15,19). The van der Waals surface area contributed by atoms with Gasteiger partial charge in [0, 0.05) is 12.2 Å². The van der Waals surface area contributed by atoms with Crippen LogP contribution >= 0.6 is 12.2 Å². The summed E-state index contributed by atoms with van der Waals surface area (Å²) in [4.78, 5) is 0.348. The fourth-order valence-electron chi connectivity index (χ4n) is 2.06. The summed E-state index contributed by atoms with van der Waals surface area (Å²) in [6, 6.07) is 5.46. The molecule has 0 radical (unpaired) electrons. The van der Waals surface area contributed by atoms with Crippen LogP contribution in [0.1, 0.15) is 24.8 Å². The minimum absolute atomic E-state index is 0.175. The van der Waals surface area contributed by atoms with Crippen LogP contribution in [0.2, 0.25) is 0 Å². The van der Waals surface area contributed by atoms with Gasteiger partial charge in [-0.25, -0.2) is 0 Å². The van der Waals surface area contributed by atoms with Gasteiger partial charge in [0.25, 0.3) is 0 Å². The highest BCUT2D eigenvalue weighted by Crippen LogP contribution is 2.28. The molecule has 1 fully saturated rings. The van der Waals surface area contributed by atoms with E-state index in [4.69, 9.17) is 32.2 Å². The molecule has 1 aliphatic rings. The maximum atomic E-state index is 5.77. The average molecular weight is 281 g/mol. The first kappa shape index (κ1) is 14.1. The molecule has 0 bridgehead atoms. The number of benzene rings is 1. The van der Waals surface area contributed by atoms with E-state index in [9.17, 15) is 0 Å². The number of ether oxygens (including phenoxy) is 3. The Hall–Kier alpha value is -1.33. The molecule has 1 heterocycles. The second-order valence-electron chi connectivity index (χ2n) is 4.53. The fraction of sp³-hybridized carbons (Fsp3) is 0.500. The van der Waals surface area contributed by atoms with Crippen LogP contribution in [0.4, 0.5) is 0 Å². The van der Waals surface area contributed by atoms with E-state index in [-0.39, 0.29) is 6.10 Å². The minimum atomic E-state index is 0.175. The largest absolute Gasteiger partial charge is 0.493 e. The lowest BCUT2D eigenvalue weighted by Crippen LogP contribution is -2.25. The first-order valence-corrected chi connectivity index (χ1v) is 6.84. The smallest absolute Gasteiger partial charge is 0.161 e. The molecule has 1 aromatic carbocycles. The van der Waals surface area contributed by atoms with Crippen LogP contribution < -0.4 is 15.2 Å². The van der Waals surface area contributed by atoms with Crippen molar-refractivity contribution in [1.29, 1.82) is 0 Å². The minimum Gasteiger partial charge on any atom is -0.493 e. The molecule has 5 heteroatoms. The molecule has 1 atom stereocenters. The molecule has 0 amide bonds. The lowest BCUT2D eigenvalue weighted by molar-refractivity contribution is -0.0114. The van der Waals surface area contributed by atoms with Crippen LogP contribution in [0.5, 0.6) is 11.5 Å². The van der Waals surface area contributed by atoms with Gasteiger partial charge >= 0.3 is 0 Å². The van der Waals surface area contributed by atoms with Gasteiger partial charge in [0.05, 0.1) is 13.2 Å². The van der Waals surface area contributed by atoms with Crippen molar-refractivity contribution in [2.45, 2.75) is 25.4 Å². The van der Waals surface area contributed by atoms with Gasteiger partial charge in [0.15, 0.2) is 11.5 Å². The summed E-state index contributed by atoms with van der Waals surface area (Å²) >= 11 is 4.94. The Kier molecular flexibility index (Phi) is 4.99. The van der Waals surface area contributed by atoms with E-state index in [1.54, 1.807) is 13.2 Å². The van der Waals surface area contributed by atoms with E-state index in [0.29, 0.717) is 23.1 Å². The molecule has 19 heavy (non-hydrogen) atoms. The van der Waals surface area contributed by atoms with Crippen LogP contribution in [0, 0.1) is 0 Å². The molecule has 1 aromatic rings. The van der Waals surface area contributed by atoms with Crippen molar-refractivity contribution in [2.75, 3.05) is 20.3 Å². The third kappa shape index (κ3) is 3.81. The van der Waals surface area contributed by atoms with E-state index < -0.39 is 0 Å². The lowest BCUT2D eigenvalue weighted by atomic mass is 10.1. The van der Waals surface area contributed by atoms with Gasteiger partial charge in [-0.1, -0.05) is 12.2 Å². The SMILES string of the molecule is COc1cc(C(N)=S)ccc1OCC1CCCCO1. The molecule has 4 nitrogen and oxygen atoms in total. The number of hydrogen-bond donors (Lipinski definition) is 1. The molecular weight excluding hydrogens is 262 g/mol. The average Bonchev–Trinajstić information content (AvgIpc) is 2.45. The Morgan fingerprint density at radius 3 is 2.89 bits per heavy atom. The van der Waals surface area contributed by atoms with Gasteiger partial charge in [-0.3, -0.25) is 0 Å². The van der Waals surface area contributed by atoms with E-state index in [1.807, 2.05) is 12.1 Å². The van der Waals surface area contributed by atoms with Crippen molar-refractivity contribution in [3.63, 3.8) is 0 Å². The van der Waals surface area contributed by atoms with E-state index in [0.717, 1.165) is 25.0 Å². The summed E-state index contributed by atoms with van der Waals surface area (Å²) < 4.78 is 16.7. The van der Waals surface area contributed by atoms with Crippen molar-refractivity contribution >= 4 is 17.2 Å². The Labute approximate surface area is 118 Å². The van der Waals surface area contributed by atoms with Crippen LogP contribution in [-0.4, -0.2) is 31.4 Å². The normalized spacial score (nSPS) is 18.9. The molecule has 0 saturated carbocycles. The molecule has 1 saturated heterocycles. The number of methoxy groups -OCH3 is 1. The van der Waals surface area contributed by atoms with E-state index in [1.165, 1.54) is 6.42 Å². The zero-order chi connectivity index (χ0) is 13.7. The third-order valence-corrected chi connectivity index (χ3v) is 3.38.